The van der Waals surface area contributed by atoms with Gasteiger partial charge < -0.3 is 10.6 Å². The lowest BCUT2D eigenvalue weighted by Crippen LogP contribution is -2.22. The Kier molecular flexibility index (Phi) is 8.11. The average Bonchev–Trinajstić information content (AvgIpc) is 3.50. The molecule has 0 saturated heterocycles. The second-order valence-corrected chi connectivity index (χ2v) is 11.7. The highest BCUT2D eigenvalue weighted by Crippen LogP contribution is 2.28. The molecule has 0 aromatic heterocycles. The molecule has 0 unspecified atom stereocenters. The van der Waals surface area contributed by atoms with Gasteiger partial charge in [0.1, 0.15) is 0 Å². The fourth-order valence-corrected chi connectivity index (χ4v) is 5.26. The van der Waals surface area contributed by atoms with Crippen LogP contribution < -0.4 is 20.7 Å². The molecule has 8 nitrogen and oxygen atoms in total. The lowest BCUT2D eigenvalue weighted by atomic mass is 10.0. The Hall–Kier alpha value is -5.76. The van der Waals surface area contributed by atoms with Gasteiger partial charge >= 0.3 is 0 Å². The Morgan fingerprint density at radius 2 is 0.870 bits per heavy atom. The number of hydrogen-bond donors (Lipinski definition) is 2. The Morgan fingerprint density at radius 3 is 1.22 bits per heavy atom. The van der Waals surface area contributed by atoms with Gasteiger partial charge in [-0.3, -0.25) is 9.59 Å². The molecule has 0 atom stereocenters. The highest BCUT2D eigenvalue weighted by Gasteiger charge is 2.30. The minimum atomic E-state index is -0.160. The van der Waals surface area contributed by atoms with Crippen molar-refractivity contribution in [3.05, 3.63) is 131 Å². The van der Waals surface area contributed by atoms with E-state index in [0.717, 1.165) is 45.0 Å². The number of anilines is 4. The first-order chi connectivity index (χ1) is 22.1. The molecule has 4 aromatic carbocycles. The Bertz CT molecular complexity index is 1840. The Morgan fingerprint density at radius 1 is 0.500 bits per heavy atom. The van der Waals surface area contributed by atoms with E-state index in [1.807, 2.05) is 126 Å². The molecule has 2 heterocycles. The summed E-state index contributed by atoms with van der Waals surface area (Å²) in [5.41, 5.74) is 12.3. The van der Waals surface area contributed by atoms with Gasteiger partial charge in [-0.1, -0.05) is 36.4 Å². The Labute approximate surface area is 269 Å². The van der Waals surface area contributed by atoms with E-state index >= 15 is 0 Å². The number of carbonyl (C=O) groups is 2. The molecule has 8 heteroatoms. The fraction of sp³-hybridized carbons (Fsp3) is 0.158. The smallest absolute Gasteiger partial charge is 0.282 e. The standard InChI is InChI=1S/C38H36N6O2/c1-23-7-17-33(19-25(23)3)43-37(45)35(27(5)41-43)21-39-31-13-9-29(10-14-31)30-11-15-32(16-12-30)40-22-36-28(6)42-44(38(36)46)34-18-8-24(2)26(4)20-34/h7-22,39-40H,1-6H3. The molecule has 2 N–H and O–H groups in total. The number of nitrogens with one attached hydrogen (secondary N) is 2. The highest BCUT2D eigenvalue weighted by atomic mass is 16.2. The van der Waals surface area contributed by atoms with Crippen LogP contribution in [-0.2, 0) is 9.59 Å². The third-order valence-corrected chi connectivity index (χ3v) is 8.46. The molecule has 0 bridgehead atoms. The van der Waals surface area contributed by atoms with Crippen molar-refractivity contribution in [3.63, 3.8) is 0 Å². The number of hydrazone groups is 2. The van der Waals surface area contributed by atoms with Crippen molar-refractivity contribution in [2.75, 3.05) is 20.7 Å². The predicted molar refractivity (Wildman–Crippen MR) is 188 cm³/mol. The van der Waals surface area contributed by atoms with Gasteiger partial charge in [0.05, 0.1) is 33.9 Å². The van der Waals surface area contributed by atoms with E-state index < -0.39 is 0 Å². The minimum absolute atomic E-state index is 0.160. The molecular weight excluding hydrogens is 572 g/mol. The topological polar surface area (TPSA) is 89.4 Å². The molecule has 0 fully saturated rings. The van der Waals surface area contributed by atoms with E-state index in [2.05, 4.69) is 20.8 Å². The SMILES string of the molecule is CC1=NN(c2ccc(C)c(C)c2)C(=O)C1=CNc1ccc(-c2ccc(NC=C3C(=O)N(c4ccc(C)c(C)c4)N=C3C)cc2)cc1. The molecular formula is C38H36N6O2. The van der Waals surface area contributed by atoms with Gasteiger partial charge in [0.15, 0.2) is 0 Å². The number of hydrogen-bond acceptors (Lipinski definition) is 6. The molecule has 4 aromatic rings. The summed E-state index contributed by atoms with van der Waals surface area (Å²) >= 11 is 0. The molecule has 6 rings (SSSR count). The van der Waals surface area contributed by atoms with Gasteiger partial charge in [-0.15, -0.1) is 0 Å². The van der Waals surface area contributed by atoms with Crippen molar-refractivity contribution in [2.24, 2.45) is 10.2 Å². The first-order valence-corrected chi connectivity index (χ1v) is 15.2. The van der Waals surface area contributed by atoms with Crippen LogP contribution >= 0.6 is 0 Å². The maximum absolute atomic E-state index is 13.1. The highest BCUT2D eigenvalue weighted by molar-refractivity contribution is 6.30. The second-order valence-electron chi connectivity index (χ2n) is 11.7. The quantitative estimate of drug-likeness (QED) is 0.208. The van der Waals surface area contributed by atoms with Gasteiger partial charge in [-0.25, -0.2) is 0 Å². The zero-order chi connectivity index (χ0) is 32.5. The molecule has 0 radical (unpaired) electrons. The molecule has 2 aliphatic rings. The molecule has 0 saturated carbocycles. The molecule has 2 aliphatic heterocycles. The van der Waals surface area contributed by atoms with Gasteiger partial charge in [0, 0.05) is 23.8 Å². The van der Waals surface area contributed by atoms with Gasteiger partial charge in [-0.05, 0) is 123 Å². The number of aryl methyl sites for hydroxylation is 4. The summed E-state index contributed by atoms with van der Waals surface area (Å²) in [6.45, 7) is 11.8. The van der Waals surface area contributed by atoms with Crippen LogP contribution in [-0.4, -0.2) is 23.2 Å². The van der Waals surface area contributed by atoms with E-state index in [1.54, 1.807) is 12.4 Å². The maximum Gasteiger partial charge on any atom is 0.282 e. The van der Waals surface area contributed by atoms with E-state index in [4.69, 9.17) is 0 Å². The molecule has 2 amide bonds. The number of carbonyl (C=O) groups excluding carboxylic acids is 2. The van der Waals surface area contributed by atoms with Crippen LogP contribution in [0.3, 0.4) is 0 Å². The van der Waals surface area contributed by atoms with Crippen LogP contribution in [0.25, 0.3) is 11.1 Å². The predicted octanol–water partition coefficient (Wildman–Crippen LogP) is 8.02. The maximum atomic E-state index is 13.1. The average molecular weight is 609 g/mol. The van der Waals surface area contributed by atoms with E-state index in [1.165, 1.54) is 21.1 Å². The second kappa shape index (κ2) is 12.3. The summed E-state index contributed by atoms with van der Waals surface area (Å²) in [5.74, 6) is -0.319. The summed E-state index contributed by atoms with van der Waals surface area (Å²) in [6, 6.07) is 27.8. The van der Waals surface area contributed by atoms with Crippen LogP contribution in [0.5, 0.6) is 0 Å². The van der Waals surface area contributed by atoms with Crippen molar-refractivity contribution in [1.29, 1.82) is 0 Å². The number of nitrogens with zero attached hydrogens (tertiary/aromatic N) is 4. The largest absolute Gasteiger partial charge is 0.361 e. The summed E-state index contributed by atoms with van der Waals surface area (Å²) in [7, 11) is 0. The van der Waals surface area contributed by atoms with E-state index in [-0.39, 0.29) is 11.8 Å². The number of amides is 2. The minimum Gasteiger partial charge on any atom is -0.361 e. The molecule has 0 spiro atoms. The summed E-state index contributed by atoms with van der Waals surface area (Å²) in [5, 5.41) is 18.4. The van der Waals surface area contributed by atoms with Gasteiger partial charge in [0.2, 0.25) is 0 Å². The van der Waals surface area contributed by atoms with Crippen molar-refractivity contribution >= 4 is 46.0 Å². The van der Waals surface area contributed by atoms with Crippen molar-refractivity contribution in [1.82, 2.24) is 0 Å². The van der Waals surface area contributed by atoms with E-state index in [9.17, 15) is 9.59 Å². The summed E-state index contributed by atoms with van der Waals surface area (Å²) in [6.07, 6.45) is 3.43. The Balaban J connectivity index is 1.08. The normalized spacial score (nSPS) is 16.4. The monoisotopic (exact) mass is 608 g/mol. The lowest BCUT2D eigenvalue weighted by molar-refractivity contribution is -0.115. The summed E-state index contributed by atoms with van der Waals surface area (Å²) in [4.78, 5) is 26.2. The lowest BCUT2D eigenvalue weighted by Gasteiger charge is -2.13. The van der Waals surface area contributed by atoms with Crippen LogP contribution in [0.1, 0.15) is 36.1 Å². The van der Waals surface area contributed by atoms with Gasteiger partial charge in [0.25, 0.3) is 11.8 Å². The summed E-state index contributed by atoms with van der Waals surface area (Å²) < 4.78 is 0. The van der Waals surface area contributed by atoms with Crippen LogP contribution in [0.4, 0.5) is 22.7 Å². The van der Waals surface area contributed by atoms with Crippen LogP contribution in [0, 0.1) is 27.7 Å². The zero-order valence-corrected chi connectivity index (χ0v) is 26.8. The third kappa shape index (κ3) is 5.97. The van der Waals surface area contributed by atoms with Crippen molar-refractivity contribution in [3.8, 4) is 11.1 Å². The van der Waals surface area contributed by atoms with E-state index in [0.29, 0.717) is 22.6 Å². The van der Waals surface area contributed by atoms with Crippen molar-refractivity contribution in [2.45, 2.75) is 41.5 Å². The molecule has 230 valence electrons. The van der Waals surface area contributed by atoms with Gasteiger partial charge in [-0.2, -0.15) is 20.2 Å². The number of rotatable bonds is 7. The third-order valence-electron chi connectivity index (χ3n) is 8.46. The molecule has 0 aliphatic carbocycles. The van der Waals surface area contributed by atoms with Crippen LogP contribution in [0.15, 0.2) is 119 Å². The van der Waals surface area contributed by atoms with Crippen molar-refractivity contribution < 1.29 is 9.59 Å². The zero-order valence-electron chi connectivity index (χ0n) is 26.8. The number of benzene rings is 4. The fourth-order valence-electron chi connectivity index (χ4n) is 5.26. The van der Waals surface area contributed by atoms with Crippen LogP contribution in [0.2, 0.25) is 0 Å². The first kappa shape index (κ1) is 30.3. The molecule has 46 heavy (non-hydrogen) atoms. The first-order valence-electron chi connectivity index (χ1n) is 15.2.